The molecule has 5 nitrogen and oxygen atoms in total. The predicted molar refractivity (Wildman–Crippen MR) is 131 cm³/mol. The number of carbonyl (C=O) groups is 2. The molecule has 0 spiro atoms. The van der Waals surface area contributed by atoms with Crippen molar-refractivity contribution in [3.63, 3.8) is 0 Å². The number of halogens is 1. The molecule has 0 aliphatic heterocycles. The minimum atomic E-state index is -0.198. The molecular weight excluding hydrogens is 436 g/mol. The van der Waals surface area contributed by atoms with Crippen molar-refractivity contribution in [3.05, 3.63) is 30.1 Å². The zero-order valence-electron chi connectivity index (χ0n) is 20.8. The van der Waals surface area contributed by atoms with Crippen LogP contribution in [0.4, 0.5) is 0 Å². The van der Waals surface area contributed by atoms with Crippen molar-refractivity contribution in [2.45, 2.75) is 116 Å². The van der Waals surface area contributed by atoms with Crippen molar-refractivity contribution < 1.29 is 31.7 Å². The fraction of sp³-hybridized carbons (Fsp3) is 0.741. The van der Waals surface area contributed by atoms with Crippen LogP contribution in [-0.4, -0.2) is 29.9 Å². The van der Waals surface area contributed by atoms with Gasteiger partial charge in [0.2, 0.25) is 18.0 Å². The van der Waals surface area contributed by atoms with Crippen LogP contribution in [0.15, 0.2) is 24.4 Å². The Hall–Kier alpha value is -1.46. The molecule has 1 aromatic rings. The second-order valence-electron chi connectivity index (χ2n) is 8.91. The van der Waals surface area contributed by atoms with Gasteiger partial charge >= 0.3 is 0 Å². The van der Waals surface area contributed by atoms with Crippen LogP contribution in [0.25, 0.3) is 0 Å². The Balaban J connectivity index is 0.0000102. The summed E-state index contributed by atoms with van der Waals surface area (Å²) in [6.45, 7) is 2.51. The van der Waals surface area contributed by atoms with Gasteiger partial charge in [-0.25, -0.2) is 0 Å². The normalized spacial score (nSPS) is 10.6. The summed E-state index contributed by atoms with van der Waals surface area (Å²) >= 11 is 0. The van der Waals surface area contributed by atoms with E-state index in [0.29, 0.717) is 12.1 Å². The molecule has 6 heteroatoms. The Morgan fingerprint density at radius 2 is 1.33 bits per heavy atom. The van der Waals surface area contributed by atoms with E-state index in [-0.39, 0.29) is 43.8 Å². The van der Waals surface area contributed by atoms with Gasteiger partial charge in [0.15, 0.2) is 6.20 Å². The average Bonchev–Trinajstić information content (AvgIpc) is 2.80. The summed E-state index contributed by atoms with van der Waals surface area (Å²) in [5.41, 5.74) is 0.581. The molecule has 0 aromatic carbocycles. The number of nitrogens with one attached hydrogen (secondary N) is 1. The first-order valence-corrected chi connectivity index (χ1v) is 13.1. The number of aliphatic hydroxyl groups is 1. The van der Waals surface area contributed by atoms with Crippen molar-refractivity contribution in [2.24, 2.45) is 0 Å². The number of ketones is 1. The molecule has 0 saturated heterocycles. The van der Waals surface area contributed by atoms with Gasteiger partial charge in [-0.2, -0.15) is 4.57 Å². The lowest BCUT2D eigenvalue weighted by Crippen LogP contribution is -3.00. The highest BCUT2D eigenvalue weighted by molar-refractivity contribution is 5.92. The van der Waals surface area contributed by atoms with Crippen LogP contribution in [0, 0.1) is 0 Å². The smallest absolute Gasteiger partial charge is 0.286 e. The molecule has 0 aliphatic carbocycles. The highest BCUT2D eigenvalue weighted by Crippen LogP contribution is 2.14. The first-order chi connectivity index (χ1) is 15.7. The third-order valence-electron chi connectivity index (χ3n) is 5.98. The predicted octanol–water partition coefficient (Wildman–Crippen LogP) is 2.53. The maximum absolute atomic E-state index is 12.6. The van der Waals surface area contributed by atoms with Crippen LogP contribution < -0.4 is 22.3 Å². The summed E-state index contributed by atoms with van der Waals surface area (Å²) in [4.78, 5) is 24.5. The molecule has 1 amide bonds. The number of hydrogen-bond acceptors (Lipinski definition) is 3. The van der Waals surface area contributed by atoms with E-state index in [1.165, 1.54) is 83.5 Å². The van der Waals surface area contributed by atoms with E-state index in [1.54, 1.807) is 16.8 Å². The van der Waals surface area contributed by atoms with E-state index in [0.717, 1.165) is 12.8 Å². The van der Waals surface area contributed by atoms with Gasteiger partial charge in [0.05, 0.1) is 6.61 Å². The van der Waals surface area contributed by atoms with Crippen molar-refractivity contribution in [2.75, 3.05) is 13.2 Å². The fourth-order valence-electron chi connectivity index (χ4n) is 4.06. The molecule has 2 N–H and O–H groups in total. The van der Waals surface area contributed by atoms with Crippen LogP contribution in [0.1, 0.15) is 120 Å². The van der Waals surface area contributed by atoms with Crippen LogP contribution in [0.3, 0.4) is 0 Å². The molecular formula is C27H47ClN2O3. The molecule has 0 atom stereocenters. The molecule has 1 rings (SSSR count). The van der Waals surface area contributed by atoms with Gasteiger partial charge in [0.25, 0.3) is 5.91 Å². The van der Waals surface area contributed by atoms with Crippen LogP contribution in [0.2, 0.25) is 0 Å². The van der Waals surface area contributed by atoms with E-state index >= 15 is 0 Å². The van der Waals surface area contributed by atoms with Crippen LogP contribution in [-0.2, 0) is 11.3 Å². The van der Waals surface area contributed by atoms with Gasteiger partial charge < -0.3 is 22.8 Å². The van der Waals surface area contributed by atoms with E-state index in [2.05, 4.69) is 12.2 Å². The van der Waals surface area contributed by atoms with E-state index < -0.39 is 0 Å². The quantitative estimate of drug-likeness (QED) is 0.161. The van der Waals surface area contributed by atoms with Crippen LogP contribution >= 0.6 is 0 Å². The van der Waals surface area contributed by atoms with Gasteiger partial charge in [-0.15, -0.1) is 0 Å². The number of unbranched alkanes of at least 4 members (excludes halogenated alkanes) is 14. The molecule has 0 aliphatic rings. The molecule has 0 bridgehead atoms. The third-order valence-corrected chi connectivity index (χ3v) is 5.98. The average molecular weight is 483 g/mol. The monoisotopic (exact) mass is 482 g/mol. The first-order valence-electron chi connectivity index (χ1n) is 13.1. The Kier molecular flexibility index (Phi) is 21.3. The van der Waals surface area contributed by atoms with Gasteiger partial charge in [-0.05, 0) is 12.5 Å². The summed E-state index contributed by atoms with van der Waals surface area (Å²) in [6.07, 6.45) is 21.9. The molecule has 1 aromatic heterocycles. The second kappa shape index (κ2) is 22.3. The molecule has 0 saturated carbocycles. The summed E-state index contributed by atoms with van der Waals surface area (Å²) in [5.74, 6) is -0.105. The summed E-state index contributed by atoms with van der Waals surface area (Å²) in [6, 6.07) is 5.44. The minimum absolute atomic E-state index is 0. The summed E-state index contributed by atoms with van der Waals surface area (Å²) in [7, 11) is 0. The van der Waals surface area contributed by atoms with Crippen molar-refractivity contribution >= 4 is 11.7 Å². The molecule has 190 valence electrons. The van der Waals surface area contributed by atoms with Crippen molar-refractivity contribution in [1.29, 1.82) is 0 Å². The lowest BCUT2D eigenvalue weighted by molar-refractivity contribution is -0.686. The highest BCUT2D eigenvalue weighted by Gasteiger charge is 2.20. The van der Waals surface area contributed by atoms with Gasteiger partial charge in [0.1, 0.15) is 0 Å². The fourth-order valence-corrected chi connectivity index (χ4v) is 4.06. The zero-order chi connectivity index (χ0) is 23.3. The van der Waals surface area contributed by atoms with E-state index in [4.69, 9.17) is 5.11 Å². The number of pyridine rings is 1. The summed E-state index contributed by atoms with van der Waals surface area (Å²) < 4.78 is 1.69. The number of aromatic nitrogens is 1. The number of aliphatic hydroxyl groups excluding tert-OH is 1. The Morgan fingerprint density at radius 1 is 0.818 bits per heavy atom. The number of rotatable bonds is 21. The highest BCUT2D eigenvalue weighted by atomic mass is 35.5. The van der Waals surface area contributed by atoms with Gasteiger partial charge in [0, 0.05) is 25.1 Å². The number of amides is 1. The van der Waals surface area contributed by atoms with Gasteiger partial charge in [-0.3, -0.25) is 9.59 Å². The number of hydrogen-bond donors (Lipinski definition) is 2. The summed E-state index contributed by atoms with van der Waals surface area (Å²) in [5, 5.41) is 11.4. The third kappa shape index (κ3) is 16.7. The maximum Gasteiger partial charge on any atom is 0.286 e. The SMILES string of the molecule is CCCCCCCCCCCCCCCCCC(=O)c1cccc[n+]1CC(=O)NCCO.[Cl-]. The number of Topliss-reactive ketones (excluding diaryl/α,β-unsaturated/α-hetero) is 1. The van der Waals surface area contributed by atoms with Crippen molar-refractivity contribution in [3.8, 4) is 0 Å². The topological polar surface area (TPSA) is 70.3 Å². The standard InChI is InChI=1S/C27H46N2O3.ClH/c1-2-3-4-5-6-7-8-9-10-11-12-13-14-15-16-20-26(31)25-19-17-18-22-29(25)24-27(32)28-21-23-30;/h17-19,22,30H,2-16,20-21,23-24H2,1H3;1H. The molecule has 0 unspecified atom stereocenters. The zero-order valence-corrected chi connectivity index (χ0v) is 21.6. The van der Waals surface area contributed by atoms with Crippen molar-refractivity contribution in [1.82, 2.24) is 5.32 Å². The molecule has 33 heavy (non-hydrogen) atoms. The number of carbonyl (C=O) groups excluding carboxylic acids is 2. The molecule has 0 radical (unpaired) electrons. The minimum Gasteiger partial charge on any atom is -1.00 e. The maximum atomic E-state index is 12.6. The Morgan fingerprint density at radius 3 is 1.85 bits per heavy atom. The largest absolute Gasteiger partial charge is 1.00 e. The lowest BCUT2D eigenvalue weighted by Gasteiger charge is -2.05. The Labute approximate surface area is 208 Å². The Bertz CT molecular complexity index is 625. The molecule has 1 heterocycles. The van der Waals surface area contributed by atoms with E-state index in [9.17, 15) is 9.59 Å². The lowest BCUT2D eigenvalue weighted by atomic mass is 10.0. The van der Waals surface area contributed by atoms with Gasteiger partial charge in [-0.1, -0.05) is 96.8 Å². The first kappa shape index (κ1) is 31.5. The van der Waals surface area contributed by atoms with Crippen LogP contribution in [0.5, 0.6) is 0 Å². The molecule has 0 fully saturated rings. The second-order valence-corrected chi connectivity index (χ2v) is 8.91. The van der Waals surface area contributed by atoms with E-state index in [1.807, 2.05) is 12.1 Å². The number of nitrogens with zero attached hydrogens (tertiary/aromatic N) is 1.